The number of rotatable bonds is 7. The van der Waals surface area contributed by atoms with E-state index < -0.39 is 0 Å². The number of piperazine rings is 1. The summed E-state index contributed by atoms with van der Waals surface area (Å²) in [5, 5.41) is 3.00. The Kier molecular flexibility index (Phi) is 6.97. The van der Waals surface area contributed by atoms with Crippen LogP contribution in [0.1, 0.15) is 17.2 Å². The van der Waals surface area contributed by atoms with Crippen LogP contribution in [-0.4, -0.2) is 45.7 Å². The molecule has 0 radical (unpaired) electrons. The number of carbonyl (C=O) groups is 1. The van der Waals surface area contributed by atoms with E-state index in [4.69, 9.17) is 4.74 Å². The van der Waals surface area contributed by atoms with Crippen LogP contribution >= 0.6 is 0 Å². The molecular formula is C26H31N3O2+2. The zero-order valence-corrected chi connectivity index (χ0v) is 18.0. The maximum atomic E-state index is 12.5. The number of carbonyl (C=O) groups excluding carboxylic acids is 1. The van der Waals surface area contributed by atoms with Crippen LogP contribution in [0.25, 0.3) is 0 Å². The summed E-state index contributed by atoms with van der Waals surface area (Å²) >= 11 is 0. The zero-order chi connectivity index (χ0) is 21.5. The summed E-state index contributed by atoms with van der Waals surface area (Å²) in [6.07, 6.45) is 0. The Morgan fingerprint density at radius 3 is 1.90 bits per heavy atom. The molecule has 1 heterocycles. The Labute approximate surface area is 184 Å². The van der Waals surface area contributed by atoms with Crippen molar-refractivity contribution in [1.29, 1.82) is 0 Å². The number of quaternary nitrogens is 2. The first-order valence-corrected chi connectivity index (χ1v) is 10.9. The van der Waals surface area contributed by atoms with Gasteiger partial charge in [0.2, 0.25) is 0 Å². The van der Waals surface area contributed by atoms with Gasteiger partial charge < -0.3 is 19.9 Å². The molecule has 0 aliphatic carbocycles. The van der Waals surface area contributed by atoms with Gasteiger partial charge in [-0.2, -0.15) is 0 Å². The summed E-state index contributed by atoms with van der Waals surface area (Å²) in [6.45, 7) is 4.56. The Morgan fingerprint density at radius 2 is 1.39 bits per heavy atom. The molecule has 4 rings (SSSR count). The number of methoxy groups -OCH3 is 1. The summed E-state index contributed by atoms with van der Waals surface area (Å²) in [5.74, 6) is 0.848. The molecule has 1 fully saturated rings. The minimum Gasteiger partial charge on any atom is -0.497 e. The molecule has 1 aliphatic rings. The number of amides is 1. The second kappa shape index (κ2) is 10.2. The molecule has 0 unspecified atom stereocenters. The second-order valence-electron chi connectivity index (χ2n) is 8.12. The molecule has 31 heavy (non-hydrogen) atoms. The molecule has 0 aromatic heterocycles. The van der Waals surface area contributed by atoms with Gasteiger partial charge in [-0.3, -0.25) is 4.79 Å². The van der Waals surface area contributed by atoms with E-state index in [-0.39, 0.29) is 5.91 Å². The van der Waals surface area contributed by atoms with Crippen LogP contribution in [0, 0.1) is 0 Å². The number of ether oxygens (including phenoxy) is 1. The quantitative estimate of drug-likeness (QED) is 0.541. The Balaban J connectivity index is 1.36. The predicted octanol–water partition coefficient (Wildman–Crippen LogP) is 1.21. The van der Waals surface area contributed by atoms with Gasteiger partial charge in [-0.05, 0) is 24.3 Å². The van der Waals surface area contributed by atoms with E-state index in [0.29, 0.717) is 12.6 Å². The third-order valence-corrected chi connectivity index (χ3v) is 6.06. The van der Waals surface area contributed by atoms with Gasteiger partial charge in [0.15, 0.2) is 6.54 Å². The molecule has 0 atom stereocenters. The topological polar surface area (TPSA) is 47.2 Å². The van der Waals surface area contributed by atoms with Crippen molar-refractivity contribution >= 4 is 11.6 Å². The van der Waals surface area contributed by atoms with Gasteiger partial charge in [0.1, 0.15) is 38.0 Å². The summed E-state index contributed by atoms with van der Waals surface area (Å²) in [5.41, 5.74) is 3.51. The molecule has 160 valence electrons. The SMILES string of the molecule is COc1ccc(NC(=O)C[NH+]2CC[NH+](C(c3ccccc3)c3ccccc3)CC2)cc1. The molecule has 3 aromatic rings. The molecular weight excluding hydrogens is 386 g/mol. The van der Waals surface area contributed by atoms with Crippen molar-refractivity contribution in [2.45, 2.75) is 6.04 Å². The van der Waals surface area contributed by atoms with Crippen LogP contribution in [0.15, 0.2) is 84.9 Å². The highest BCUT2D eigenvalue weighted by atomic mass is 16.5. The van der Waals surface area contributed by atoms with Crippen LogP contribution in [-0.2, 0) is 4.79 Å². The Hall–Kier alpha value is -3.15. The minimum absolute atomic E-state index is 0.0614. The maximum Gasteiger partial charge on any atom is 0.279 e. The van der Waals surface area contributed by atoms with Crippen molar-refractivity contribution in [3.8, 4) is 5.75 Å². The summed E-state index contributed by atoms with van der Waals surface area (Å²) in [6, 6.07) is 29.3. The summed E-state index contributed by atoms with van der Waals surface area (Å²) in [7, 11) is 1.64. The predicted molar refractivity (Wildman–Crippen MR) is 123 cm³/mol. The number of hydrogen-bond acceptors (Lipinski definition) is 2. The lowest BCUT2D eigenvalue weighted by Gasteiger charge is -2.34. The van der Waals surface area contributed by atoms with Crippen LogP contribution in [0.3, 0.4) is 0 Å². The fourth-order valence-corrected chi connectivity index (χ4v) is 4.45. The summed E-state index contributed by atoms with van der Waals surface area (Å²) in [4.78, 5) is 15.4. The Bertz CT molecular complexity index is 913. The van der Waals surface area contributed by atoms with Crippen molar-refractivity contribution in [2.75, 3.05) is 45.2 Å². The van der Waals surface area contributed by atoms with Gasteiger partial charge in [0.05, 0.1) is 7.11 Å². The third kappa shape index (κ3) is 5.51. The van der Waals surface area contributed by atoms with Crippen molar-refractivity contribution in [1.82, 2.24) is 0 Å². The molecule has 3 aromatic carbocycles. The van der Waals surface area contributed by atoms with Gasteiger partial charge in [0.25, 0.3) is 5.91 Å². The van der Waals surface area contributed by atoms with Gasteiger partial charge in [-0.15, -0.1) is 0 Å². The van der Waals surface area contributed by atoms with Gasteiger partial charge in [-0.25, -0.2) is 0 Å². The molecule has 5 heteroatoms. The van der Waals surface area contributed by atoms with Crippen molar-refractivity contribution < 1.29 is 19.3 Å². The molecule has 0 spiro atoms. The van der Waals surface area contributed by atoms with E-state index >= 15 is 0 Å². The van der Waals surface area contributed by atoms with E-state index in [0.717, 1.165) is 37.6 Å². The zero-order valence-electron chi connectivity index (χ0n) is 18.0. The summed E-state index contributed by atoms with van der Waals surface area (Å²) < 4.78 is 5.17. The molecule has 1 saturated heterocycles. The molecule has 0 saturated carbocycles. The number of hydrogen-bond donors (Lipinski definition) is 3. The van der Waals surface area contributed by atoms with E-state index in [9.17, 15) is 4.79 Å². The first kappa shape index (κ1) is 21.1. The standard InChI is InChI=1S/C26H29N3O2/c1-31-24-14-12-23(13-15-24)27-25(30)20-28-16-18-29(19-17-28)26(21-8-4-2-5-9-21)22-10-6-3-7-11-22/h2-15,26H,16-20H2,1H3,(H,27,30)/p+2. The van der Waals surface area contributed by atoms with Crippen LogP contribution in [0.4, 0.5) is 5.69 Å². The van der Waals surface area contributed by atoms with E-state index in [1.54, 1.807) is 12.0 Å². The lowest BCUT2D eigenvalue weighted by molar-refractivity contribution is -1.02. The lowest BCUT2D eigenvalue weighted by atomic mass is 9.96. The highest BCUT2D eigenvalue weighted by Gasteiger charge is 2.32. The van der Waals surface area contributed by atoms with Crippen LogP contribution in [0.5, 0.6) is 5.75 Å². The normalized spacial score (nSPS) is 18.5. The largest absolute Gasteiger partial charge is 0.497 e. The average Bonchev–Trinajstić information content (AvgIpc) is 2.82. The molecule has 0 bridgehead atoms. The van der Waals surface area contributed by atoms with Crippen molar-refractivity contribution in [3.05, 3.63) is 96.1 Å². The van der Waals surface area contributed by atoms with Crippen molar-refractivity contribution in [2.24, 2.45) is 0 Å². The number of anilines is 1. The van der Waals surface area contributed by atoms with Gasteiger partial charge in [0, 0.05) is 16.8 Å². The van der Waals surface area contributed by atoms with Gasteiger partial charge in [-0.1, -0.05) is 60.7 Å². The van der Waals surface area contributed by atoms with Gasteiger partial charge >= 0.3 is 0 Å². The highest BCUT2D eigenvalue weighted by Crippen LogP contribution is 2.19. The smallest absolute Gasteiger partial charge is 0.279 e. The molecule has 5 nitrogen and oxygen atoms in total. The van der Waals surface area contributed by atoms with Crippen LogP contribution in [0.2, 0.25) is 0 Å². The fraction of sp³-hybridized carbons (Fsp3) is 0.269. The van der Waals surface area contributed by atoms with Crippen LogP contribution < -0.4 is 19.9 Å². The molecule has 1 aliphatic heterocycles. The average molecular weight is 418 g/mol. The first-order valence-electron chi connectivity index (χ1n) is 10.9. The third-order valence-electron chi connectivity index (χ3n) is 6.06. The molecule has 1 amide bonds. The lowest BCUT2D eigenvalue weighted by Crippen LogP contribution is -3.28. The molecule has 3 N–H and O–H groups in total. The monoisotopic (exact) mass is 417 g/mol. The van der Waals surface area contributed by atoms with Crippen molar-refractivity contribution in [3.63, 3.8) is 0 Å². The highest BCUT2D eigenvalue weighted by molar-refractivity contribution is 5.91. The second-order valence-corrected chi connectivity index (χ2v) is 8.12. The Morgan fingerprint density at radius 1 is 0.839 bits per heavy atom. The number of benzene rings is 3. The first-order chi connectivity index (χ1) is 15.2. The maximum absolute atomic E-state index is 12.5. The fourth-order valence-electron chi connectivity index (χ4n) is 4.45. The van der Waals surface area contributed by atoms with E-state index in [1.165, 1.54) is 16.0 Å². The minimum atomic E-state index is 0.0614. The number of nitrogens with one attached hydrogen (secondary N) is 3. The van der Waals surface area contributed by atoms with E-state index in [1.807, 2.05) is 24.3 Å². The van der Waals surface area contributed by atoms with E-state index in [2.05, 4.69) is 66.0 Å².